The maximum absolute atomic E-state index is 12.3. The van der Waals surface area contributed by atoms with Gasteiger partial charge in [0, 0.05) is 23.3 Å². The van der Waals surface area contributed by atoms with Gasteiger partial charge in [-0.15, -0.1) is 11.8 Å². The van der Waals surface area contributed by atoms with E-state index in [2.05, 4.69) is 19.2 Å². The van der Waals surface area contributed by atoms with Crippen molar-refractivity contribution in [2.75, 3.05) is 13.2 Å². The van der Waals surface area contributed by atoms with E-state index in [4.69, 9.17) is 5.11 Å². The lowest BCUT2D eigenvalue weighted by atomic mass is 9.89. The Morgan fingerprint density at radius 1 is 1.35 bits per heavy atom. The SMILES string of the molecule is CC(C)Sc1ccccc1C(=O)NCC(C)(C)CCO. The normalized spacial score (nSPS) is 11.7. The molecule has 0 spiro atoms. The van der Waals surface area contributed by atoms with Crippen LogP contribution in [-0.4, -0.2) is 29.4 Å². The number of aliphatic hydroxyl groups excluding tert-OH is 1. The highest BCUT2D eigenvalue weighted by molar-refractivity contribution is 8.00. The van der Waals surface area contributed by atoms with Crippen LogP contribution in [0.3, 0.4) is 0 Å². The second-order valence-corrected chi connectivity index (χ2v) is 7.60. The van der Waals surface area contributed by atoms with Crippen molar-refractivity contribution in [3.8, 4) is 0 Å². The highest BCUT2D eigenvalue weighted by Gasteiger charge is 2.19. The molecule has 2 N–H and O–H groups in total. The lowest BCUT2D eigenvalue weighted by Crippen LogP contribution is -2.34. The van der Waals surface area contributed by atoms with Crippen molar-refractivity contribution in [3.05, 3.63) is 29.8 Å². The molecule has 0 fully saturated rings. The van der Waals surface area contributed by atoms with Crippen LogP contribution in [0.2, 0.25) is 0 Å². The summed E-state index contributed by atoms with van der Waals surface area (Å²) in [6.45, 7) is 9.01. The van der Waals surface area contributed by atoms with Gasteiger partial charge in [-0.3, -0.25) is 4.79 Å². The highest BCUT2D eigenvalue weighted by Crippen LogP contribution is 2.26. The Bertz CT molecular complexity index is 444. The van der Waals surface area contributed by atoms with Gasteiger partial charge in [-0.25, -0.2) is 0 Å². The minimum atomic E-state index is -0.0927. The summed E-state index contributed by atoms with van der Waals surface area (Å²) < 4.78 is 0. The zero-order chi connectivity index (χ0) is 15.2. The second kappa shape index (κ2) is 7.70. The largest absolute Gasteiger partial charge is 0.396 e. The summed E-state index contributed by atoms with van der Waals surface area (Å²) in [5, 5.41) is 12.4. The van der Waals surface area contributed by atoms with Gasteiger partial charge in [-0.05, 0) is 24.0 Å². The molecule has 0 aliphatic carbocycles. The molecule has 20 heavy (non-hydrogen) atoms. The number of thioether (sulfide) groups is 1. The molecule has 0 heterocycles. The molecule has 0 aromatic heterocycles. The van der Waals surface area contributed by atoms with E-state index in [0.717, 1.165) is 10.5 Å². The first-order chi connectivity index (χ1) is 9.35. The van der Waals surface area contributed by atoms with Gasteiger partial charge in [-0.1, -0.05) is 39.8 Å². The van der Waals surface area contributed by atoms with E-state index in [9.17, 15) is 4.79 Å². The number of hydrogen-bond acceptors (Lipinski definition) is 3. The van der Waals surface area contributed by atoms with Crippen molar-refractivity contribution in [3.63, 3.8) is 0 Å². The number of aliphatic hydroxyl groups is 1. The molecule has 0 saturated heterocycles. The molecule has 1 amide bonds. The summed E-state index contributed by atoms with van der Waals surface area (Å²) >= 11 is 1.70. The van der Waals surface area contributed by atoms with Crippen molar-refractivity contribution in [2.24, 2.45) is 5.41 Å². The van der Waals surface area contributed by atoms with Gasteiger partial charge in [0.2, 0.25) is 0 Å². The van der Waals surface area contributed by atoms with E-state index in [1.54, 1.807) is 11.8 Å². The number of carbonyl (C=O) groups excluding carboxylic acids is 1. The molecule has 0 aliphatic rings. The predicted octanol–water partition coefficient (Wildman–Crippen LogP) is 3.33. The zero-order valence-corrected chi connectivity index (χ0v) is 13.6. The van der Waals surface area contributed by atoms with Gasteiger partial charge in [0.1, 0.15) is 0 Å². The molecule has 4 heteroatoms. The van der Waals surface area contributed by atoms with Gasteiger partial charge in [0.05, 0.1) is 5.56 Å². The minimum Gasteiger partial charge on any atom is -0.396 e. The fraction of sp³-hybridized carbons (Fsp3) is 0.562. The second-order valence-electron chi connectivity index (χ2n) is 5.98. The van der Waals surface area contributed by atoms with Crippen LogP contribution in [-0.2, 0) is 0 Å². The zero-order valence-electron chi connectivity index (χ0n) is 12.8. The van der Waals surface area contributed by atoms with E-state index in [1.165, 1.54) is 0 Å². The van der Waals surface area contributed by atoms with Crippen LogP contribution in [0, 0.1) is 5.41 Å². The summed E-state index contributed by atoms with van der Waals surface area (Å²) in [4.78, 5) is 13.3. The van der Waals surface area contributed by atoms with Gasteiger partial charge in [0.25, 0.3) is 5.91 Å². The minimum absolute atomic E-state index is 0.0419. The van der Waals surface area contributed by atoms with Crippen LogP contribution in [0.15, 0.2) is 29.2 Å². The van der Waals surface area contributed by atoms with Gasteiger partial charge in [0.15, 0.2) is 0 Å². The molecule has 1 aromatic rings. The van der Waals surface area contributed by atoms with Crippen LogP contribution in [0.5, 0.6) is 0 Å². The van der Waals surface area contributed by atoms with E-state index >= 15 is 0 Å². The summed E-state index contributed by atoms with van der Waals surface area (Å²) in [7, 11) is 0. The molecule has 1 aromatic carbocycles. The molecule has 0 saturated carbocycles. The Morgan fingerprint density at radius 2 is 2.00 bits per heavy atom. The first-order valence-corrected chi connectivity index (χ1v) is 7.88. The molecule has 0 aliphatic heterocycles. The lowest BCUT2D eigenvalue weighted by Gasteiger charge is -2.24. The monoisotopic (exact) mass is 295 g/mol. The number of amides is 1. The molecular formula is C16H25NO2S. The van der Waals surface area contributed by atoms with Crippen LogP contribution in [0.4, 0.5) is 0 Å². The average molecular weight is 295 g/mol. The third kappa shape index (κ3) is 5.55. The first-order valence-electron chi connectivity index (χ1n) is 7.00. The molecule has 1 rings (SSSR count). The Kier molecular flexibility index (Phi) is 6.56. The van der Waals surface area contributed by atoms with E-state index in [1.807, 2.05) is 38.1 Å². The van der Waals surface area contributed by atoms with E-state index in [-0.39, 0.29) is 17.9 Å². The fourth-order valence-electron chi connectivity index (χ4n) is 1.82. The Balaban J connectivity index is 2.73. The molecule has 112 valence electrons. The number of nitrogens with one attached hydrogen (secondary N) is 1. The summed E-state index contributed by atoms with van der Waals surface area (Å²) in [5.41, 5.74) is 0.635. The van der Waals surface area contributed by atoms with E-state index < -0.39 is 0 Å². The number of hydrogen-bond donors (Lipinski definition) is 2. The quantitative estimate of drug-likeness (QED) is 0.759. The van der Waals surface area contributed by atoms with Gasteiger partial charge < -0.3 is 10.4 Å². The standard InChI is InChI=1S/C16H25NO2S/c1-12(2)20-14-8-6-5-7-13(14)15(19)17-11-16(3,4)9-10-18/h5-8,12,18H,9-11H2,1-4H3,(H,17,19). The number of benzene rings is 1. The van der Waals surface area contributed by atoms with Crippen molar-refractivity contribution < 1.29 is 9.90 Å². The maximum atomic E-state index is 12.3. The van der Waals surface area contributed by atoms with Crippen molar-refractivity contribution >= 4 is 17.7 Å². The van der Waals surface area contributed by atoms with E-state index in [0.29, 0.717) is 18.2 Å². The smallest absolute Gasteiger partial charge is 0.252 e. The molecular weight excluding hydrogens is 270 g/mol. The molecule has 3 nitrogen and oxygen atoms in total. The van der Waals surface area contributed by atoms with Crippen LogP contribution in [0.1, 0.15) is 44.5 Å². The number of rotatable bonds is 7. The summed E-state index contributed by atoms with van der Waals surface area (Å²) in [6, 6.07) is 7.69. The lowest BCUT2D eigenvalue weighted by molar-refractivity contribution is 0.0925. The van der Waals surface area contributed by atoms with Crippen molar-refractivity contribution in [1.82, 2.24) is 5.32 Å². The summed E-state index contributed by atoms with van der Waals surface area (Å²) in [5.74, 6) is -0.0419. The predicted molar refractivity (Wildman–Crippen MR) is 85.3 cm³/mol. The molecule has 0 radical (unpaired) electrons. The fourth-order valence-corrected chi connectivity index (χ4v) is 2.77. The van der Waals surface area contributed by atoms with Crippen LogP contribution in [0.25, 0.3) is 0 Å². The van der Waals surface area contributed by atoms with Crippen molar-refractivity contribution in [1.29, 1.82) is 0 Å². The number of carbonyl (C=O) groups is 1. The topological polar surface area (TPSA) is 49.3 Å². The van der Waals surface area contributed by atoms with Crippen LogP contribution >= 0.6 is 11.8 Å². The Hall–Kier alpha value is -1.00. The Morgan fingerprint density at radius 3 is 2.60 bits per heavy atom. The third-order valence-corrected chi connectivity index (χ3v) is 4.09. The Labute approximate surface area is 126 Å². The highest BCUT2D eigenvalue weighted by atomic mass is 32.2. The molecule has 0 atom stereocenters. The first kappa shape index (κ1) is 17.1. The van der Waals surface area contributed by atoms with Gasteiger partial charge in [-0.2, -0.15) is 0 Å². The molecule has 0 bridgehead atoms. The molecule has 0 unspecified atom stereocenters. The van der Waals surface area contributed by atoms with Crippen LogP contribution < -0.4 is 5.32 Å². The van der Waals surface area contributed by atoms with Gasteiger partial charge >= 0.3 is 0 Å². The average Bonchev–Trinajstić information content (AvgIpc) is 2.36. The third-order valence-electron chi connectivity index (χ3n) is 3.01. The summed E-state index contributed by atoms with van der Waals surface area (Å²) in [6.07, 6.45) is 0.676. The maximum Gasteiger partial charge on any atom is 0.252 e. The van der Waals surface area contributed by atoms with Crippen molar-refractivity contribution in [2.45, 2.75) is 44.3 Å².